The van der Waals surface area contributed by atoms with E-state index in [-0.39, 0.29) is 5.25 Å². The number of hydrogen-bond donors (Lipinski definition) is 0. The fourth-order valence-corrected chi connectivity index (χ4v) is 5.13. The van der Waals surface area contributed by atoms with E-state index in [1.54, 1.807) is 0 Å². The molecule has 3 heteroatoms. The second-order valence-corrected chi connectivity index (χ2v) is 8.44. The summed E-state index contributed by atoms with van der Waals surface area (Å²) < 4.78 is 0. The highest BCUT2D eigenvalue weighted by Gasteiger charge is 2.30. The predicted octanol–water partition coefficient (Wildman–Crippen LogP) is 4.04. The summed E-state index contributed by atoms with van der Waals surface area (Å²) >= 11 is 3.80. The molecule has 1 heterocycles. The fourth-order valence-electron chi connectivity index (χ4n) is 2.24. The average Bonchev–Trinajstić information content (AvgIpc) is 2.37. The minimum Gasteiger partial charge on any atom is -0.298 e. The molecule has 1 fully saturated rings. The molecule has 1 saturated heterocycles. The van der Waals surface area contributed by atoms with Crippen molar-refractivity contribution in [2.75, 3.05) is 5.75 Å². The number of benzene rings is 1. The zero-order valence-corrected chi connectivity index (χ0v) is 13.7. The van der Waals surface area contributed by atoms with Gasteiger partial charge >= 0.3 is 0 Å². The lowest BCUT2D eigenvalue weighted by atomic mass is 10.00. The van der Waals surface area contributed by atoms with Gasteiger partial charge in [-0.3, -0.25) is 4.79 Å². The minimum atomic E-state index is 0.177. The molecule has 0 radical (unpaired) electrons. The van der Waals surface area contributed by atoms with Crippen molar-refractivity contribution >= 4 is 29.3 Å². The van der Waals surface area contributed by atoms with Gasteiger partial charge < -0.3 is 0 Å². The number of aryl methyl sites for hydroxylation is 2. The number of thioether (sulfide) groups is 2. The van der Waals surface area contributed by atoms with Crippen LogP contribution in [0.1, 0.15) is 30.5 Å². The summed E-state index contributed by atoms with van der Waals surface area (Å²) in [7, 11) is 0. The van der Waals surface area contributed by atoms with Crippen LogP contribution in [0, 0.1) is 13.8 Å². The standard InChI is InChI=1S/C16H22OS2/c1-10-5-6-11(2)14(7-10)8-15(17)16-9-18-12(3)13(4)19-16/h5-7,12-13,16H,8-9H2,1-4H3. The van der Waals surface area contributed by atoms with Gasteiger partial charge in [0.25, 0.3) is 0 Å². The van der Waals surface area contributed by atoms with Crippen molar-refractivity contribution in [1.29, 1.82) is 0 Å². The maximum atomic E-state index is 12.4. The molecule has 0 aliphatic carbocycles. The Hall–Kier alpha value is -0.410. The summed E-state index contributed by atoms with van der Waals surface area (Å²) in [4.78, 5) is 12.4. The lowest BCUT2D eigenvalue weighted by molar-refractivity contribution is -0.117. The number of ketones is 1. The molecule has 1 aliphatic rings. The molecule has 19 heavy (non-hydrogen) atoms. The molecule has 1 nitrogen and oxygen atoms in total. The second-order valence-electron chi connectivity index (χ2n) is 5.44. The molecule has 0 spiro atoms. The largest absolute Gasteiger partial charge is 0.298 e. The normalized spacial score (nSPS) is 27.3. The van der Waals surface area contributed by atoms with Crippen LogP contribution in [0.3, 0.4) is 0 Å². The first-order chi connectivity index (χ1) is 8.97. The molecule has 3 unspecified atom stereocenters. The Bertz CT molecular complexity index is 470. The number of carbonyl (C=O) groups is 1. The van der Waals surface area contributed by atoms with Crippen LogP contribution >= 0.6 is 23.5 Å². The van der Waals surface area contributed by atoms with Gasteiger partial charge in [0.1, 0.15) is 0 Å². The molecule has 104 valence electrons. The Morgan fingerprint density at radius 1 is 1.26 bits per heavy atom. The molecule has 0 N–H and O–H groups in total. The van der Waals surface area contributed by atoms with Crippen LogP contribution in [0.5, 0.6) is 0 Å². The molecule has 0 bridgehead atoms. The van der Waals surface area contributed by atoms with Gasteiger partial charge in [0, 0.05) is 22.7 Å². The van der Waals surface area contributed by atoms with Gasteiger partial charge in [0.15, 0.2) is 5.78 Å². The Morgan fingerprint density at radius 3 is 2.68 bits per heavy atom. The SMILES string of the molecule is Cc1ccc(C)c(CC(=O)C2CSC(C)C(C)S2)c1. The third kappa shape index (κ3) is 3.79. The van der Waals surface area contributed by atoms with Crippen LogP contribution in [0.15, 0.2) is 18.2 Å². The molecule has 0 amide bonds. The number of hydrogen-bond acceptors (Lipinski definition) is 3. The van der Waals surface area contributed by atoms with Crippen molar-refractivity contribution in [3.05, 3.63) is 34.9 Å². The van der Waals surface area contributed by atoms with Crippen molar-refractivity contribution < 1.29 is 4.79 Å². The Kier molecular flexibility index (Phi) is 5.02. The molecule has 0 saturated carbocycles. The van der Waals surface area contributed by atoms with Gasteiger partial charge in [-0.25, -0.2) is 0 Å². The lowest BCUT2D eigenvalue weighted by Crippen LogP contribution is -2.32. The van der Waals surface area contributed by atoms with Crippen LogP contribution in [-0.2, 0) is 11.2 Å². The van der Waals surface area contributed by atoms with E-state index in [1.807, 2.05) is 23.5 Å². The monoisotopic (exact) mass is 294 g/mol. The molecule has 2 rings (SSSR count). The summed E-state index contributed by atoms with van der Waals surface area (Å²) in [5.74, 6) is 1.37. The van der Waals surface area contributed by atoms with Gasteiger partial charge in [-0.2, -0.15) is 11.8 Å². The molecule has 0 aromatic heterocycles. The Balaban J connectivity index is 2.03. The highest BCUT2D eigenvalue weighted by Crippen LogP contribution is 2.36. The zero-order chi connectivity index (χ0) is 14.0. The van der Waals surface area contributed by atoms with E-state index in [0.717, 1.165) is 5.75 Å². The van der Waals surface area contributed by atoms with Crippen LogP contribution in [0.2, 0.25) is 0 Å². The number of rotatable bonds is 3. The fraction of sp³-hybridized carbons (Fsp3) is 0.562. The molecule has 1 aromatic carbocycles. The van der Waals surface area contributed by atoms with Crippen LogP contribution in [0.4, 0.5) is 0 Å². The summed E-state index contributed by atoms with van der Waals surface area (Å²) in [6.07, 6.45) is 0.590. The van der Waals surface area contributed by atoms with Crippen molar-refractivity contribution in [1.82, 2.24) is 0 Å². The van der Waals surface area contributed by atoms with Gasteiger partial charge in [0.05, 0.1) is 5.25 Å². The van der Waals surface area contributed by atoms with Gasteiger partial charge in [0.2, 0.25) is 0 Å². The average molecular weight is 294 g/mol. The number of Topliss-reactive ketones (excluding diaryl/α,β-unsaturated/α-hetero) is 1. The van der Waals surface area contributed by atoms with E-state index in [9.17, 15) is 4.79 Å². The smallest absolute Gasteiger partial charge is 0.151 e. The molecular weight excluding hydrogens is 272 g/mol. The van der Waals surface area contributed by atoms with E-state index in [1.165, 1.54) is 16.7 Å². The summed E-state index contributed by atoms with van der Waals surface area (Å²) in [6, 6.07) is 6.38. The van der Waals surface area contributed by atoms with Gasteiger partial charge in [-0.1, -0.05) is 37.6 Å². The molecular formula is C16H22OS2. The highest BCUT2D eigenvalue weighted by atomic mass is 32.2. The Labute approximate surface area is 124 Å². The first-order valence-electron chi connectivity index (χ1n) is 6.83. The molecule has 3 atom stereocenters. The van der Waals surface area contributed by atoms with Crippen molar-refractivity contribution in [3.63, 3.8) is 0 Å². The first kappa shape index (κ1) is 15.0. The van der Waals surface area contributed by atoms with E-state index in [4.69, 9.17) is 0 Å². The first-order valence-corrected chi connectivity index (χ1v) is 8.82. The van der Waals surface area contributed by atoms with Crippen LogP contribution in [0.25, 0.3) is 0 Å². The third-order valence-electron chi connectivity index (χ3n) is 3.78. The zero-order valence-electron chi connectivity index (χ0n) is 12.1. The topological polar surface area (TPSA) is 17.1 Å². The van der Waals surface area contributed by atoms with Crippen LogP contribution in [-0.4, -0.2) is 27.3 Å². The number of carbonyl (C=O) groups excluding carboxylic acids is 1. The van der Waals surface area contributed by atoms with Crippen molar-refractivity contribution in [3.8, 4) is 0 Å². The van der Waals surface area contributed by atoms with E-state index in [0.29, 0.717) is 22.7 Å². The van der Waals surface area contributed by atoms with E-state index in [2.05, 4.69) is 45.9 Å². The maximum Gasteiger partial charge on any atom is 0.151 e. The van der Waals surface area contributed by atoms with Gasteiger partial charge in [-0.15, -0.1) is 11.8 Å². The highest BCUT2D eigenvalue weighted by molar-refractivity contribution is 8.08. The summed E-state index contributed by atoms with van der Waals surface area (Å²) in [6.45, 7) is 8.67. The maximum absolute atomic E-state index is 12.4. The summed E-state index contributed by atoms with van der Waals surface area (Å²) in [5.41, 5.74) is 3.66. The quantitative estimate of drug-likeness (QED) is 0.837. The molecule has 1 aliphatic heterocycles. The summed E-state index contributed by atoms with van der Waals surface area (Å²) in [5, 5.41) is 1.41. The van der Waals surface area contributed by atoms with Crippen molar-refractivity contribution in [2.24, 2.45) is 0 Å². The van der Waals surface area contributed by atoms with E-state index >= 15 is 0 Å². The van der Waals surface area contributed by atoms with E-state index < -0.39 is 0 Å². The Morgan fingerprint density at radius 2 is 2.00 bits per heavy atom. The van der Waals surface area contributed by atoms with Crippen LogP contribution < -0.4 is 0 Å². The minimum absolute atomic E-state index is 0.177. The molecule has 1 aromatic rings. The van der Waals surface area contributed by atoms with Gasteiger partial charge in [-0.05, 0) is 25.0 Å². The third-order valence-corrected chi connectivity index (χ3v) is 7.22. The lowest BCUT2D eigenvalue weighted by Gasteiger charge is -2.30. The predicted molar refractivity (Wildman–Crippen MR) is 87.4 cm³/mol. The second kappa shape index (κ2) is 6.36. The van der Waals surface area contributed by atoms with Crippen molar-refractivity contribution in [2.45, 2.75) is 49.9 Å².